The molecule has 10 atom stereocenters. The van der Waals surface area contributed by atoms with E-state index in [1.54, 1.807) is 46.9 Å². The molecule has 0 bridgehead atoms. The minimum atomic E-state index is -1.65. The minimum Gasteiger partial charge on any atom is -0.508 e. The molecule has 2 saturated heterocycles. The van der Waals surface area contributed by atoms with Gasteiger partial charge in [-0.2, -0.15) is 0 Å². The van der Waals surface area contributed by atoms with Crippen LogP contribution in [-0.2, 0) is 55.9 Å². The van der Waals surface area contributed by atoms with Gasteiger partial charge in [0.05, 0.1) is 25.4 Å². The quantitative estimate of drug-likeness (QED) is 0.127. The van der Waals surface area contributed by atoms with Crippen LogP contribution in [0.5, 0.6) is 5.75 Å². The Bertz CT molecular complexity index is 1340. The molecule has 2 aliphatic rings. The zero-order valence-electron chi connectivity index (χ0n) is 28.8. The Kier molecular flexibility index (Phi) is 14.5. The van der Waals surface area contributed by atoms with Gasteiger partial charge in [-0.15, -0.1) is 0 Å². The van der Waals surface area contributed by atoms with Gasteiger partial charge >= 0.3 is 5.97 Å². The van der Waals surface area contributed by atoms with E-state index in [9.17, 15) is 35.1 Å². The van der Waals surface area contributed by atoms with Crippen LogP contribution in [0.25, 0.3) is 0 Å². The first-order valence-electron chi connectivity index (χ1n) is 16.6. The number of nitrogens with zero attached hydrogens (tertiary/aromatic N) is 1. The summed E-state index contributed by atoms with van der Waals surface area (Å²) in [5, 5.41) is 53.1. The van der Waals surface area contributed by atoms with Gasteiger partial charge in [0, 0.05) is 13.6 Å². The Hall–Kier alpha value is -3.22. The van der Waals surface area contributed by atoms with Gasteiger partial charge < -0.3 is 63.6 Å². The molecule has 2 heterocycles. The average molecular weight is 708 g/mol. The summed E-state index contributed by atoms with van der Waals surface area (Å²) in [6.07, 6.45) is -15.5. The van der Waals surface area contributed by atoms with Gasteiger partial charge in [0.1, 0.15) is 49.0 Å². The molecule has 0 spiro atoms. The highest BCUT2D eigenvalue weighted by molar-refractivity contribution is 5.81. The van der Waals surface area contributed by atoms with Crippen LogP contribution in [-0.4, -0.2) is 136 Å². The van der Waals surface area contributed by atoms with Gasteiger partial charge in [-0.1, -0.05) is 42.5 Å². The van der Waals surface area contributed by atoms with Crippen LogP contribution < -0.4 is 0 Å². The molecule has 0 aromatic heterocycles. The predicted octanol–water partition coefficient (Wildman–Crippen LogP) is 0.608. The molecule has 0 radical (unpaired) electrons. The first-order chi connectivity index (χ1) is 23.8. The summed E-state index contributed by atoms with van der Waals surface area (Å²) in [5.41, 5.74) is 1.44. The monoisotopic (exact) mass is 707 g/mol. The first kappa shape index (κ1) is 39.6. The number of benzene rings is 2. The topological polar surface area (TPSA) is 203 Å². The molecular weight excluding hydrogens is 658 g/mol. The largest absolute Gasteiger partial charge is 0.508 e. The molecule has 0 saturated carbocycles. The highest BCUT2D eigenvalue weighted by Gasteiger charge is 2.51. The third kappa shape index (κ3) is 10.4. The van der Waals surface area contributed by atoms with E-state index < -0.39 is 85.5 Å². The molecule has 4 rings (SSSR count). The van der Waals surface area contributed by atoms with Gasteiger partial charge in [0.15, 0.2) is 24.8 Å². The van der Waals surface area contributed by atoms with E-state index in [2.05, 4.69) is 0 Å². The molecule has 2 unspecified atom stereocenters. The Morgan fingerprint density at radius 2 is 1.30 bits per heavy atom. The van der Waals surface area contributed by atoms with Crippen LogP contribution in [0.4, 0.5) is 0 Å². The maximum Gasteiger partial charge on any atom is 0.338 e. The SMILES string of the molecule is CC(C)O[C@@H]1OC(C(=O)OCc2ccc(O)cc2)[C@@H](OCCO[C@@H]2OC(C(=O)N(C)Cc3ccccc3)[C@@H](OC(C)C)[C@H](O)[C@@H]2O)[C@H](O)[C@@H]1O. The van der Waals surface area contributed by atoms with Crippen molar-refractivity contribution in [3.8, 4) is 5.75 Å². The number of hydrogen-bond acceptors (Lipinski definition) is 14. The van der Waals surface area contributed by atoms with E-state index in [1.165, 1.54) is 17.0 Å². The van der Waals surface area contributed by atoms with Crippen LogP contribution in [0.3, 0.4) is 0 Å². The third-order valence-electron chi connectivity index (χ3n) is 8.03. The Morgan fingerprint density at radius 1 is 0.720 bits per heavy atom. The zero-order chi connectivity index (χ0) is 36.5. The number of phenolic OH excluding ortho intramolecular Hbond substituents is 1. The number of phenols is 1. The second-order valence-corrected chi connectivity index (χ2v) is 12.8. The maximum atomic E-state index is 13.6. The van der Waals surface area contributed by atoms with Crippen LogP contribution in [0.2, 0.25) is 0 Å². The lowest BCUT2D eigenvalue weighted by atomic mass is 9.97. The molecule has 2 aromatic rings. The fourth-order valence-electron chi connectivity index (χ4n) is 5.56. The van der Waals surface area contributed by atoms with Crippen molar-refractivity contribution >= 4 is 11.9 Å². The van der Waals surface area contributed by atoms with Crippen LogP contribution >= 0.6 is 0 Å². The summed E-state index contributed by atoms with van der Waals surface area (Å²) in [7, 11) is 1.58. The summed E-state index contributed by atoms with van der Waals surface area (Å²) >= 11 is 0. The van der Waals surface area contributed by atoms with Crippen LogP contribution in [0.15, 0.2) is 54.6 Å². The number of carbonyl (C=O) groups excluding carboxylic acids is 2. The summed E-state index contributed by atoms with van der Waals surface area (Å²) in [4.78, 5) is 28.2. The number of ether oxygens (including phenoxy) is 7. The molecule has 278 valence electrons. The average Bonchev–Trinajstić information content (AvgIpc) is 3.08. The van der Waals surface area contributed by atoms with E-state index in [4.69, 9.17) is 33.2 Å². The molecule has 1 amide bonds. The van der Waals surface area contributed by atoms with E-state index in [1.807, 2.05) is 30.3 Å². The number of likely N-dealkylation sites (N-methyl/N-ethyl adjacent to an activating group) is 1. The van der Waals surface area contributed by atoms with Crippen molar-refractivity contribution in [2.75, 3.05) is 20.3 Å². The van der Waals surface area contributed by atoms with Gasteiger partial charge in [0.25, 0.3) is 5.91 Å². The summed E-state index contributed by atoms with van der Waals surface area (Å²) < 4.78 is 39.9. The van der Waals surface area contributed by atoms with Crippen molar-refractivity contribution in [1.82, 2.24) is 4.90 Å². The first-order valence-corrected chi connectivity index (χ1v) is 16.6. The lowest BCUT2D eigenvalue weighted by Crippen LogP contribution is -2.63. The van der Waals surface area contributed by atoms with Crippen molar-refractivity contribution < 1.29 is 68.3 Å². The second kappa shape index (κ2) is 18.3. The highest BCUT2D eigenvalue weighted by atomic mass is 16.7. The molecule has 15 heteroatoms. The number of hydrogen-bond donors (Lipinski definition) is 5. The molecule has 0 aliphatic carbocycles. The Morgan fingerprint density at radius 3 is 1.94 bits per heavy atom. The molecule has 2 aromatic carbocycles. The number of rotatable bonds is 15. The molecule has 2 aliphatic heterocycles. The second-order valence-electron chi connectivity index (χ2n) is 12.8. The van der Waals surface area contributed by atoms with Crippen LogP contribution in [0, 0.1) is 0 Å². The van der Waals surface area contributed by atoms with Crippen molar-refractivity contribution in [2.24, 2.45) is 0 Å². The number of carbonyl (C=O) groups is 2. The van der Waals surface area contributed by atoms with Gasteiger partial charge in [0.2, 0.25) is 0 Å². The normalized spacial score (nSPS) is 30.0. The number of aliphatic hydroxyl groups is 4. The lowest BCUT2D eigenvalue weighted by molar-refractivity contribution is -0.316. The standard InChI is InChI=1S/C35H49NO14/c1-19(2)47-29-25(39)26(40)34(49-30(29)32(42)36(5)17-21-9-7-6-8-10-21)45-16-15-44-28-24(38)27(41)35(48-20(3)4)50-31(28)33(43)46-18-22-11-13-23(37)14-12-22/h6-14,19-20,24-31,34-35,37-41H,15-18H2,1-5H3/t24-,25-,26+,27+,28+,29+,30?,31?,34-,35-/m1/s1. The predicted molar refractivity (Wildman–Crippen MR) is 174 cm³/mol. The number of aromatic hydroxyl groups is 1. The molecular formula is C35H49NO14. The van der Waals surface area contributed by atoms with Crippen molar-refractivity contribution in [3.05, 3.63) is 65.7 Å². The maximum absolute atomic E-state index is 13.6. The number of aliphatic hydroxyl groups excluding tert-OH is 4. The number of amides is 1. The zero-order valence-corrected chi connectivity index (χ0v) is 28.8. The fraction of sp³-hybridized carbons (Fsp3) is 0.600. The van der Waals surface area contributed by atoms with E-state index in [0.717, 1.165) is 5.56 Å². The van der Waals surface area contributed by atoms with Crippen molar-refractivity contribution in [1.29, 1.82) is 0 Å². The molecule has 2 fully saturated rings. The Labute approximate surface area is 291 Å². The van der Waals surface area contributed by atoms with E-state index in [0.29, 0.717) is 5.56 Å². The van der Waals surface area contributed by atoms with Gasteiger partial charge in [-0.3, -0.25) is 4.79 Å². The van der Waals surface area contributed by atoms with E-state index >= 15 is 0 Å². The molecule has 50 heavy (non-hydrogen) atoms. The van der Waals surface area contributed by atoms with Crippen molar-refractivity contribution in [2.45, 2.75) is 114 Å². The fourth-order valence-corrected chi connectivity index (χ4v) is 5.56. The number of esters is 1. The summed E-state index contributed by atoms with van der Waals surface area (Å²) in [6.45, 7) is 6.30. The van der Waals surface area contributed by atoms with Gasteiger partial charge in [-0.05, 0) is 51.0 Å². The molecule has 5 N–H and O–H groups in total. The Balaban J connectivity index is 1.41. The summed E-state index contributed by atoms with van der Waals surface area (Å²) in [6, 6.07) is 15.3. The van der Waals surface area contributed by atoms with E-state index in [-0.39, 0.29) is 32.1 Å². The van der Waals surface area contributed by atoms with Gasteiger partial charge in [-0.25, -0.2) is 4.79 Å². The molecule has 15 nitrogen and oxygen atoms in total. The van der Waals surface area contributed by atoms with Crippen LogP contribution in [0.1, 0.15) is 38.8 Å². The highest BCUT2D eigenvalue weighted by Crippen LogP contribution is 2.29. The smallest absolute Gasteiger partial charge is 0.338 e. The summed E-state index contributed by atoms with van der Waals surface area (Å²) in [5.74, 6) is -1.36. The van der Waals surface area contributed by atoms with Crippen molar-refractivity contribution in [3.63, 3.8) is 0 Å². The minimum absolute atomic E-state index is 0.0408. The third-order valence-corrected chi connectivity index (χ3v) is 8.03. The lowest BCUT2D eigenvalue weighted by Gasteiger charge is -2.43.